The van der Waals surface area contributed by atoms with Crippen LogP contribution in [0.15, 0.2) is 24.3 Å². The van der Waals surface area contributed by atoms with Crippen molar-refractivity contribution in [2.45, 2.75) is 26.1 Å². The van der Waals surface area contributed by atoms with Crippen LogP contribution in [-0.4, -0.2) is 49.0 Å². The lowest BCUT2D eigenvalue weighted by Crippen LogP contribution is -2.44. The van der Waals surface area contributed by atoms with Gasteiger partial charge in [0.15, 0.2) is 0 Å². The summed E-state index contributed by atoms with van der Waals surface area (Å²) in [6, 6.07) is 7.56. The van der Waals surface area contributed by atoms with E-state index in [-0.39, 0.29) is 6.10 Å². The highest BCUT2D eigenvalue weighted by molar-refractivity contribution is 5.28. The predicted octanol–water partition coefficient (Wildman–Crippen LogP) is 1.84. The Morgan fingerprint density at radius 3 is 2.79 bits per heavy atom. The number of aliphatic hydroxyl groups is 1. The molecule has 1 fully saturated rings. The molecule has 0 bridgehead atoms. The van der Waals surface area contributed by atoms with Crippen molar-refractivity contribution >= 4 is 0 Å². The van der Waals surface area contributed by atoms with E-state index < -0.39 is 6.10 Å². The summed E-state index contributed by atoms with van der Waals surface area (Å²) in [6.07, 6.45) is -0.293. The second-order valence-electron chi connectivity index (χ2n) is 4.94. The molecule has 106 valence electrons. The van der Waals surface area contributed by atoms with E-state index in [2.05, 4.69) is 11.8 Å². The Balaban J connectivity index is 1.81. The van der Waals surface area contributed by atoms with Gasteiger partial charge in [-0.1, -0.05) is 19.1 Å². The van der Waals surface area contributed by atoms with Gasteiger partial charge in [-0.05, 0) is 31.2 Å². The van der Waals surface area contributed by atoms with Crippen LogP contribution in [0.25, 0.3) is 0 Å². The van der Waals surface area contributed by atoms with Crippen molar-refractivity contribution in [2.75, 3.05) is 32.8 Å². The summed E-state index contributed by atoms with van der Waals surface area (Å²) < 4.78 is 11.4. The molecule has 4 nitrogen and oxygen atoms in total. The van der Waals surface area contributed by atoms with E-state index in [0.29, 0.717) is 6.61 Å². The quantitative estimate of drug-likeness (QED) is 0.882. The number of hydrogen-bond acceptors (Lipinski definition) is 4. The van der Waals surface area contributed by atoms with Gasteiger partial charge in [-0.25, -0.2) is 0 Å². The lowest BCUT2D eigenvalue weighted by atomic mass is 10.1. The second-order valence-corrected chi connectivity index (χ2v) is 4.94. The first-order valence-electron chi connectivity index (χ1n) is 6.94. The molecular weight excluding hydrogens is 242 g/mol. The third-order valence-electron chi connectivity index (χ3n) is 3.47. The molecular formula is C15H23NO3. The molecule has 2 rings (SSSR count). The number of aliphatic hydroxyl groups excluding tert-OH is 1. The molecule has 1 heterocycles. The van der Waals surface area contributed by atoms with Gasteiger partial charge in [0.25, 0.3) is 0 Å². The van der Waals surface area contributed by atoms with E-state index in [4.69, 9.17) is 9.47 Å². The lowest BCUT2D eigenvalue weighted by molar-refractivity contribution is -0.0464. The molecule has 1 aliphatic heterocycles. The van der Waals surface area contributed by atoms with Crippen molar-refractivity contribution in [2.24, 2.45) is 0 Å². The van der Waals surface area contributed by atoms with Crippen LogP contribution in [0, 0.1) is 0 Å². The number of rotatable bonds is 5. The van der Waals surface area contributed by atoms with Gasteiger partial charge < -0.3 is 14.6 Å². The summed E-state index contributed by atoms with van der Waals surface area (Å²) in [4.78, 5) is 2.37. The molecule has 0 amide bonds. The maximum absolute atomic E-state index is 9.44. The van der Waals surface area contributed by atoms with Gasteiger partial charge in [0.05, 0.1) is 12.7 Å². The van der Waals surface area contributed by atoms with Gasteiger partial charge in [0.2, 0.25) is 0 Å². The molecule has 4 heteroatoms. The number of benzene rings is 1. The average molecular weight is 265 g/mol. The molecule has 1 N–H and O–H groups in total. The first kappa shape index (κ1) is 14.3. The Hall–Kier alpha value is -1.10. The van der Waals surface area contributed by atoms with Crippen molar-refractivity contribution in [3.05, 3.63) is 29.8 Å². The Bertz CT molecular complexity index is 377. The van der Waals surface area contributed by atoms with E-state index >= 15 is 0 Å². The average Bonchev–Trinajstić information content (AvgIpc) is 2.46. The Morgan fingerprint density at radius 1 is 1.42 bits per heavy atom. The van der Waals surface area contributed by atoms with Gasteiger partial charge in [0, 0.05) is 13.1 Å². The van der Waals surface area contributed by atoms with Gasteiger partial charge in [0.1, 0.15) is 18.5 Å². The zero-order chi connectivity index (χ0) is 13.7. The molecule has 1 unspecified atom stereocenters. The van der Waals surface area contributed by atoms with E-state index in [1.54, 1.807) is 6.92 Å². The number of likely N-dealkylation sites (N-methyl/N-ethyl adjacent to an activating group) is 1. The SMILES string of the molecule is CCN1CCOC(COc2ccc([C@@H](C)O)cc2)C1. The largest absolute Gasteiger partial charge is 0.491 e. The first-order chi connectivity index (χ1) is 9.19. The van der Waals surface area contributed by atoms with Crippen LogP contribution in [0.3, 0.4) is 0 Å². The third kappa shape index (κ3) is 4.20. The van der Waals surface area contributed by atoms with E-state index in [0.717, 1.165) is 37.6 Å². The highest BCUT2D eigenvalue weighted by Gasteiger charge is 2.19. The van der Waals surface area contributed by atoms with Gasteiger partial charge in [-0.3, -0.25) is 4.90 Å². The number of ether oxygens (including phenoxy) is 2. The maximum Gasteiger partial charge on any atom is 0.119 e. The van der Waals surface area contributed by atoms with Gasteiger partial charge in [-0.15, -0.1) is 0 Å². The molecule has 1 aromatic rings. The highest BCUT2D eigenvalue weighted by atomic mass is 16.5. The second kappa shape index (κ2) is 6.89. The zero-order valence-electron chi connectivity index (χ0n) is 11.7. The van der Waals surface area contributed by atoms with Crippen molar-refractivity contribution < 1.29 is 14.6 Å². The molecule has 2 atom stereocenters. The van der Waals surface area contributed by atoms with E-state index in [1.165, 1.54) is 0 Å². The first-order valence-corrected chi connectivity index (χ1v) is 6.94. The minimum absolute atomic E-state index is 0.144. The minimum Gasteiger partial charge on any atom is -0.491 e. The summed E-state index contributed by atoms with van der Waals surface area (Å²) in [5.41, 5.74) is 0.901. The molecule has 0 radical (unpaired) electrons. The minimum atomic E-state index is -0.436. The van der Waals surface area contributed by atoms with E-state index in [1.807, 2.05) is 24.3 Å². The fourth-order valence-corrected chi connectivity index (χ4v) is 2.20. The van der Waals surface area contributed by atoms with E-state index in [9.17, 15) is 5.11 Å². The monoisotopic (exact) mass is 265 g/mol. The Kier molecular flexibility index (Phi) is 5.19. The molecule has 0 aliphatic carbocycles. The van der Waals surface area contributed by atoms with Gasteiger partial charge >= 0.3 is 0 Å². The Morgan fingerprint density at radius 2 is 2.16 bits per heavy atom. The van der Waals surface area contributed by atoms with Crippen LogP contribution in [-0.2, 0) is 4.74 Å². The predicted molar refractivity (Wildman–Crippen MR) is 74.4 cm³/mol. The highest BCUT2D eigenvalue weighted by Crippen LogP contribution is 2.18. The Labute approximate surface area is 114 Å². The van der Waals surface area contributed by atoms with Crippen LogP contribution in [0.5, 0.6) is 5.75 Å². The van der Waals surface area contributed by atoms with Crippen molar-refractivity contribution in [3.8, 4) is 5.75 Å². The topological polar surface area (TPSA) is 41.9 Å². The molecule has 19 heavy (non-hydrogen) atoms. The molecule has 0 spiro atoms. The molecule has 0 aromatic heterocycles. The summed E-state index contributed by atoms with van der Waals surface area (Å²) in [5, 5.41) is 9.44. The molecule has 1 aromatic carbocycles. The van der Waals surface area contributed by atoms with Crippen molar-refractivity contribution in [1.29, 1.82) is 0 Å². The standard InChI is InChI=1S/C15H23NO3/c1-3-16-8-9-18-15(10-16)11-19-14-6-4-13(5-7-14)12(2)17/h4-7,12,15,17H,3,8-11H2,1-2H3/t12-,15?/m1/s1. The van der Waals surface area contributed by atoms with Gasteiger partial charge in [-0.2, -0.15) is 0 Å². The summed E-state index contributed by atoms with van der Waals surface area (Å²) >= 11 is 0. The van der Waals surface area contributed by atoms with Crippen LogP contribution < -0.4 is 4.74 Å². The molecule has 1 saturated heterocycles. The van der Waals surface area contributed by atoms with Crippen LogP contribution in [0.2, 0.25) is 0 Å². The fourth-order valence-electron chi connectivity index (χ4n) is 2.20. The third-order valence-corrected chi connectivity index (χ3v) is 3.47. The van der Waals surface area contributed by atoms with Crippen LogP contribution in [0.1, 0.15) is 25.5 Å². The van der Waals surface area contributed by atoms with Crippen molar-refractivity contribution in [3.63, 3.8) is 0 Å². The van der Waals surface area contributed by atoms with Crippen LogP contribution in [0.4, 0.5) is 0 Å². The number of morpholine rings is 1. The summed E-state index contributed by atoms with van der Waals surface area (Å²) in [5.74, 6) is 0.821. The molecule has 0 saturated carbocycles. The summed E-state index contributed by atoms with van der Waals surface area (Å²) in [7, 11) is 0. The molecule has 1 aliphatic rings. The van der Waals surface area contributed by atoms with Crippen molar-refractivity contribution in [1.82, 2.24) is 4.90 Å². The normalized spacial score (nSPS) is 22.2. The zero-order valence-corrected chi connectivity index (χ0v) is 11.7. The fraction of sp³-hybridized carbons (Fsp3) is 0.600. The summed E-state index contributed by atoms with van der Waals surface area (Å²) in [6.45, 7) is 8.28. The smallest absolute Gasteiger partial charge is 0.119 e. The lowest BCUT2D eigenvalue weighted by Gasteiger charge is -2.31. The number of hydrogen-bond donors (Lipinski definition) is 1. The van der Waals surface area contributed by atoms with Crippen LogP contribution >= 0.6 is 0 Å². The number of nitrogens with zero attached hydrogens (tertiary/aromatic N) is 1. The maximum atomic E-state index is 9.44.